The maximum absolute atomic E-state index is 11.7. The predicted octanol–water partition coefficient (Wildman–Crippen LogP) is 2.36. The first-order valence-corrected chi connectivity index (χ1v) is 7.29. The third kappa shape index (κ3) is 4.32. The van der Waals surface area contributed by atoms with Crippen LogP contribution in [0.25, 0.3) is 0 Å². The number of anilines is 1. The number of nitrogen functional groups attached to an aromatic ring is 1. The van der Waals surface area contributed by atoms with Crippen molar-refractivity contribution in [2.45, 2.75) is 13.0 Å². The number of ether oxygens (including phenoxy) is 1. The highest BCUT2D eigenvalue weighted by Gasteiger charge is 2.13. The summed E-state index contributed by atoms with van der Waals surface area (Å²) >= 11 is 1.56. The Balaban J connectivity index is 1.81. The third-order valence-electron chi connectivity index (χ3n) is 2.83. The molecule has 0 aliphatic heterocycles. The minimum atomic E-state index is -0.547. The van der Waals surface area contributed by atoms with Crippen LogP contribution in [-0.2, 0) is 9.53 Å². The van der Waals surface area contributed by atoms with Gasteiger partial charge in [-0.15, -0.1) is 11.3 Å². The smallest absolute Gasteiger partial charge is 0.338 e. The summed E-state index contributed by atoms with van der Waals surface area (Å²) in [5.74, 6) is -0.881. The molecule has 21 heavy (non-hydrogen) atoms. The Labute approximate surface area is 126 Å². The summed E-state index contributed by atoms with van der Waals surface area (Å²) in [5.41, 5.74) is 6.46. The normalized spacial score (nSPS) is 11.7. The van der Waals surface area contributed by atoms with Crippen molar-refractivity contribution in [3.8, 4) is 0 Å². The van der Waals surface area contributed by atoms with Crippen molar-refractivity contribution in [1.29, 1.82) is 0 Å². The molecule has 3 N–H and O–H groups in total. The first-order valence-electron chi connectivity index (χ1n) is 6.41. The fourth-order valence-corrected chi connectivity index (χ4v) is 2.46. The van der Waals surface area contributed by atoms with Gasteiger partial charge in [-0.1, -0.05) is 6.07 Å². The highest BCUT2D eigenvalue weighted by atomic mass is 32.1. The number of carbonyl (C=O) groups is 2. The SMILES string of the molecule is C[C@H](NC(=O)COC(=O)c1ccc(N)cc1)c1cccs1. The number of benzene rings is 1. The van der Waals surface area contributed by atoms with Crippen LogP contribution in [0.4, 0.5) is 5.69 Å². The molecular weight excluding hydrogens is 288 g/mol. The van der Waals surface area contributed by atoms with E-state index in [1.807, 2.05) is 24.4 Å². The molecule has 1 amide bonds. The quantitative estimate of drug-likeness (QED) is 0.656. The highest BCUT2D eigenvalue weighted by molar-refractivity contribution is 7.10. The van der Waals surface area contributed by atoms with Crippen molar-refractivity contribution in [2.75, 3.05) is 12.3 Å². The zero-order valence-corrected chi connectivity index (χ0v) is 12.4. The lowest BCUT2D eigenvalue weighted by molar-refractivity contribution is -0.124. The second-order valence-electron chi connectivity index (χ2n) is 4.50. The summed E-state index contributed by atoms with van der Waals surface area (Å²) in [5, 5.41) is 4.72. The Hall–Kier alpha value is -2.34. The van der Waals surface area contributed by atoms with Gasteiger partial charge < -0.3 is 15.8 Å². The van der Waals surface area contributed by atoms with E-state index in [2.05, 4.69) is 5.32 Å². The summed E-state index contributed by atoms with van der Waals surface area (Å²) in [4.78, 5) is 24.5. The van der Waals surface area contributed by atoms with Crippen LogP contribution in [0.3, 0.4) is 0 Å². The molecule has 6 heteroatoms. The summed E-state index contributed by atoms with van der Waals surface area (Å²) < 4.78 is 4.96. The lowest BCUT2D eigenvalue weighted by Gasteiger charge is -2.12. The van der Waals surface area contributed by atoms with E-state index in [9.17, 15) is 9.59 Å². The molecule has 1 aromatic heterocycles. The average molecular weight is 304 g/mol. The molecule has 0 aliphatic carbocycles. The maximum atomic E-state index is 11.7. The van der Waals surface area contributed by atoms with Crippen LogP contribution in [0.5, 0.6) is 0 Å². The van der Waals surface area contributed by atoms with Crippen LogP contribution >= 0.6 is 11.3 Å². The molecule has 0 radical (unpaired) electrons. The zero-order valence-electron chi connectivity index (χ0n) is 11.5. The van der Waals surface area contributed by atoms with Gasteiger partial charge in [-0.05, 0) is 42.6 Å². The molecule has 1 atom stereocenters. The fraction of sp³-hybridized carbons (Fsp3) is 0.200. The van der Waals surface area contributed by atoms with E-state index in [0.29, 0.717) is 11.3 Å². The summed E-state index contributed by atoms with van der Waals surface area (Å²) in [6.45, 7) is 1.57. The van der Waals surface area contributed by atoms with Crippen molar-refractivity contribution in [1.82, 2.24) is 5.32 Å². The zero-order chi connectivity index (χ0) is 15.2. The number of amides is 1. The van der Waals surface area contributed by atoms with E-state index in [1.54, 1.807) is 35.6 Å². The van der Waals surface area contributed by atoms with Gasteiger partial charge in [0.25, 0.3) is 5.91 Å². The number of nitrogens with two attached hydrogens (primary N) is 1. The Morgan fingerprint density at radius 3 is 2.62 bits per heavy atom. The molecule has 5 nitrogen and oxygen atoms in total. The van der Waals surface area contributed by atoms with Gasteiger partial charge in [0.1, 0.15) is 0 Å². The molecule has 1 aromatic carbocycles. The molecule has 0 spiro atoms. The molecule has 0 aliphatic rings. The molecule has 0 saturated carbocycles. The number of rotatable bonds is 5. The van der Waals surface area contributed by atoms with Crippen molar-refractivity contribution in [2.24, 2.45) is 0 Å². The number of hydrogen-bond acceptors (Lipinski definition) is 5. The first-order chi connectivity index (χ1) is 10.1. The van der Waals surface area contributed by atoms with Crippen LogP contribution in [0.2, 0.25) is 0 Å². The monoisotopic (exact) mass is 304 g/mol. The largest absolute Gasteiger partial charge is 0.452 e. The Morgan fingerprint density at radius 1 is 1.29 bits per heavy atom. The number of hydrogen-bond donors (Lipinski definition) is 2. The molecule has 2 aromatic rings. The lowest BCUT2D eigenvalue weighted by Crippen LogP contribution is -2.30. The van der Waals surface area contributed by atoms with Crippen LogP contribution in [-0.4, -0.2) is 18.5 Å². The van der Waals surface area contributed by atoms with Gasteiger partial charge in [-0.25, -0.2) is 4.79 Å². The van der Waals surface area contributed by atoms with E-state index in [1.165, 1.54) is 0 Å². The maximum Gasteiger partial charge on any atom is 0.338 e. The Bertz CT molecular complexity index is 608. The second-order valence-corrected chi connectivity index (χ2v) is 5.48. The van der Waals surface area contributed by atoms with Crippen molar-refractivity contribution in [3.05, 3.63) is 52.2 Å². The fourth-order valence-electron chi connectivity index (χ4n) is 1.73. The lowest BCUT2D eigenvalue weighted by atomic mass is 10.2. The van der Waals surface area contributed by atoms with Crippen LogP contribution < -0.4 is 11.1 Å². The molecule has 0 fully saturated rings. The van der Waals surface area contributed by atoms with Gasteiger partial charge in [-0.2, -0.15) is 0 Å². The second kappa shape index (κ2) is 6.90. The number of thiophene rings is 1. The number of carbonyl (C=O) groups excluding carboxylic acids is 2. The summed E-state index contributed by atoms with van der Waals surface area (Å²) in [6.07, 6.45) is 0. The molecular formula is C15H16N2O3S. The molecule has 1 heterocycles. The highest BCUT2D eigenvalue weighted by Crippen LogP contribution is 2.17. The summed E-state index contributed by atoms with van der Waals surface area (Å²) in [7, 11) is 0. The van der Waals surface area contributed by atoms with Gasteiger partial charge >= 0.3 is 5.97 Å². The minimum absolute atomic E-state index is 0.104. The molecule has 0 unspecified atom stereocenters. The predicted molar refractivity (Wildman–Crippen MR) is 82.0 cm³/mol. The van der Waals surface area contributed by atoms with Crippen LogP contribution in [0.1, 0.15) is 28.2 Å². The molecule has 0 saturated heterocycles. The topological polar surface area (TPSA) is 81.4 Å². The van der Waals surface area contributed by atoms with Gasteiger partial charge in [0, 0.05) is 10.6 Å². The standard InChI is InChI=1S/C15H16N2O3S/c1-10(13-3-2-8-21-13)17-14(18)9-20-15(19)11-4-6-12(16)7-5-11/h2-8,10H,9,16H2,1H3,(H,17,18)/t10-/m0/s1. The molecule has 2 rings (SSSR count). The van der Waals surface area contributed by atoms with E-state index in [0.717, 1.165) is 4.88 Å². The Morgan fingerprint density at radius 2 is 2.00 bits per heavy atom. The van der Waals surface area contributed by atoms with Gasteiger partial charge in [0.15, 0.2) is 6.61 Å². The summed E-state index contributed by atoms with van der Waals surface area (Å²) in [6, 6.07) is 10.1. The average Bonchev–Trinajstić information content (AvgIpc) is 3.00. The van der Waals surface area contributed by atoms with Gasteiger partial charge in [-0.3, -0.25) is 4.79 Å². The van der Waals surface area contributed by atoms with E-state index < -0.39 is 5.97 Å². The van der Waals surface area contributed by atoms with E-state index in [-0.39, 0.29) is 18.6 Å². The van der Waals surface area contributed by atoms with E-state index >= 15 is 0 Å². The van der Waals surface area contributed by atoms with Crippen LogP contribution in [0, 0.1) is 0 Å². The number of nitrogens with one attached hydrogen (secondary N) is 1. The molecule has 0 bridgehead atoms. The Kier molecular flexibility index (Phi) is 4.94. The van der Waals surface area contributed by atoms with Gasteiger partial charge in [0.05, 0.1) is 11.6 Å². The number of esters is 1. The molecule has 110 valence electrons. The van der Waals surface area contributed by atoms with Gasteiger partial charge in [0.2, 0.25) is 0 Å². The first kappa shape index (κ1) is 15.1. The van der Waals surface area contributed by atoms with Crippen molar-refractivity contribution < 1.29 is 14.3 Å². The van der Waals surface area contributed by atoms with Crippen LogP contribution in [0.15, 0.2) is 41.8 Å². The minimum Gasteiger partial charge on any atom is -0.452 e. The van der Waals surface area contributed by atoms with Crippen molar-refractivity contribution >= 4 is 28.9 Å². The van der Waals surface area contributed by atoms with E-state index in [4.69, 9.17) is 10.5 Å². The third-order valence-corrected chi connectivity index (χ3v) is 3.88. The van der Waals surface area contributed by atoms with Crippen molar-refractivity contribution in [3.63, 3.8) is 0 Å².